The number of likely N-dealkylation sites (tertiary alicyclic amines) is 1. The lowest BCUT2D eigenvalue weighted by Gasteiger charge is -2.38. The first kappa shape index (κ1) is 21.0. The highest BCUT2D eigenvalue weighted by Gasteiger charge is 2.34. The number of nitriles is 1. The van der Waals surface area contributed by atoms with Gasteiger partial charge in [-0.3, -0.25) is 4.98 Å². The number of hydrogen-bond acceptors (Lipinski definition) is 5. The van der Waals surface area contributed by atoms with E-state index in [1.807, 2.05) is 13.8 Å². The van der Waals surface area contributed by atoms with Crippen molar-refractivity contribution < 1.29 is 14.3 Å². The summed E-state index contributed by atoms with van der Waals surface area (Å²) in [6, 6.07) is 3.66. The second-order valence-electron chi connectivity index (χ2n) is 9.00. The molecular formula is C21H31N3O3. The predicted octanol–water partition coefficient (Wildman–Crippen LogP) is 4.54. The number of carbonyl (C=O) groups is 1. The first-order chi connectivity index (χ1) is 12.6. The zero-order valence-corrected chi connectivity index (χ0v) is 17.1. The predicted molar refractivity (Wildman–Crippen MR) is 103 cm³/mol. The van der Waals surface area contributed by atoms with Gasteiger partial charge < -0.3 is 14.4 Å². The van der Waals surface area contributed by atoms with E-state index < -0.39 is 5.60 Å². The summed E-state index contributed by atoms with van der Waals surface area (Å²) in [4.78, 5) is 18.6. The van der Waals surface area contributed by atoms with Gasteiger partial charge in [-0.05, 0) is 51.0 Å². The van der Waals surface area contributed by atoms with Crippen LogP contribution in [0.1, 0.15) is 65.9 Å². The van der Waals surface area contributed by atoms with Gasteiger partial charge >= 0.3 is 6.09 Å². The van der Waals surface area contributed by atoms with Gasteiger partial charge in [0.1, 0.15) is 18.3 Å². The molecule has 2 rings (SSSR count). The third-order valence-corrected chi connectivity index (χ3v) is 4.52. The minimum Gasteiger partial charge on any atom is -0.488 e. The quantitative estimate of drug-likeness (QED) is 0.757. The van der Waals surface area contributed by atoms with Crippen molar-refractivity contribution >= 4 is 6.09 Å². The van der Waals surface area contributed by atoms with E-state index in [0.717, 1.165) is 25.7 Å². The van der Waals surface area contributed by atoms with Crippen LogP contribution in [0, 0.1) is 16.7 Å². The Hall–Kier alpha value is -2.29. The van der Waals surface area contributed by atoms with Crippen LogP contribution in [-0.2, 0) is 4.74 Å². The molecule has 1 fully saturated rings. The molecule has 1 aliphatic heterocycles. The number of piperidine rings is 1. The van der Waals surface area contributed by atoms with Crippen molar-refractivity contribution in [2.24, 2.45) is 5.41 Å². The second-order valence-corrected chi connectivity index (χ2v) is 9.00. The molecule has 1 aromatic heterocycles. The molecular weight excluding hydrogens is 342 g/mol. The average Bonchev–Trinajstić information content (AvgIpc) is 2.57. The molecule has 0 radical (unpaired) electrons. The molecule has 1 saturated heterocycles. The summed E-state index contributed by atoms with van der Waals surface area (Å²) in [5.41, 5.74) is -0.0150. The largest absolute Gasteiger partial charge is 0.488 e. The monoisotopic (exact) mass is 373 g/mol. The fourth-order valence-electron chi connectivity index (χ4n) is 3.80. The van der Waals surface area contributed by atoms with E-state index in [1.54, 1.807) is 17.2 Å². The number of hydrogen-bond donors (Lipinski definition) is 0. The summed E-state index contributed by atoms with van der Waals surface area (Å²) in [7, 11) is 0. The highest BCUT2D eigenvalue weighted by molar-refractivity contribution is 5.68. The van der Waals surface area contributed by atoms with E-state index in [9.17, 15) is 10.1 Å². The van der Waals surface area contributed by atoms with Crippen molar-refractivity contribution in [2.75, 3.05) is 13.2 Å². The van der Waals surface area contributed by atoms with Gasteiger partial charge in [0.2, 0.25) is 0 Å². The number of nitrogens with zero attached hydrogens (tertiary/aromatic N) is 3. The first-order valence-electron chi connectivity index (χ1n) is 9.58. The number of rotatable bonds is 5. The van der Waals surface area contributed by atoms with E-state index in [-0.39, 0.29) is 17.6 Å². The summed E-state index contributed by atoms with van der Waals surface area (Å²) < 4.78 is 11.7. The molecule has 0 saturated carbocycles. The zero-order valence-electron chi connectivity index (χ0n) is 17.1. The molecule has 2 heterocycles. The molecule has 6 nitrogen and oxygen atoms in total. The van der Waals surface area contributed by atoms with E-state index >= 15 is 0 Å². The SMILES string of the molecule is CC(C)(C)CC(C)(C)OC(=O)N1CCCC[C@H]1COc1cnccc1C#N. The Morgan fingerprint density at radius 1 is 1.33 bits per heavy atom. The Morgan fingerprint density at radius 2 is 2.07 bits per heavy atom. The molecule has 0 aliphatic carbocycles. The molecule has 148 valence electrons. The summed E-state index contributed by atoms with van der Waals surface area (Å²) in [5.74, 6) is 0.451. The number of ether oxygens (including phenoxy) is 2. The third kappa shape index (κ3) is 6.42. The van der Waals surface area contributed by atoms with Crippen LogP contribution in [0.2, 0.25) is 0 Å². The van der Waals surface area contributed by atoms with Gasteiger partial charge in [0.25, 0.3) is 0 Å². The van der Waals surface area contributed by atoms with Gasteiger partial charge in [-0.2, -0.15) is 5.26 Å². The van der Waals surface area contributed by atoms with Crippen LogP contribution in [-0.4, -0.2) is 40.8 Å². The fourth-order valence-corrected chi connectivity index (χ4v) is 3.80. The van der Waals surface area contributed by atoms with E-state index in [0.29, 0.717) is 24.5 Å². The van der Waals surface area contributed by atoms with Crippen LogP contribution < -0.4 is 4.74 Å². The van der Waals surface area contributed by atoms with Crippen molar-refractivity contribution in [1.82, 2.24) is 9.88 Å². The molecule has 1 amide bonds. The summed E-state index contributed by atoms with van der Waals surface area (Å²) in [6.07, 6.45) is 6.45. The Bertz CT molecular complexity index is 689. The van der Waals surface area contributed by atoms with E-state index in [1.165, 1.54) is 6.20 Å². The normalized spacial score (nSPS) is 17.9. The number of carbonyl (C=O) groups excluding carboxylic acids is 1. The van der Waals surface area contributed by atoms with Gasteiger partial charge in [0.15, 0.2) is 5.75 Å². The van der Waals surface area contributed by atoms with Crippen LogP contribution in [0.25, 0.3) is 0 Å². The van der Waals surface area contributed by atoms with Crippen LogP contribution >= 0.6 is 0 Å². The lowest BCUT2D eigenvalue weighted by Crippen LogP contribution is -2.49. The second kappa shape index (κ2) is 8.60. The molecule has 0 unspecified atom stereocenters. The maximum Gasteiger partial charge on any atom is 0.410 e. The van der Waals surface area contributed by atoms with Gasteiger partial charge in [-0.25, -0.2) is 4.79 Å². The first-order valence-corrected chi connectivity index (χ1v) is 9.58. The average molecular weight is 373 g/mol. The van der Waals surface area contributed by atoms with Crippen LogP contribution in [0.4, 0.5) is 4.79 Å². The van der Waals surface area contributed by atoms with Crippen molar-refractivity contribution in [2.45, 2.75) is 71.9 Å². The van der Waals surface area contributed by atoms with Crippen molar-refractivity contribution in [1.29, 1.82) is 5.26 Å². The molecule has 6 heteroatoms. The number of aromatic nitrogens is 1. The molecule has 27 heavy (non-hydrogen) atoms. The van der Waals surface area contributed by atoms with Crippen molar-refractivity contribution in [3.63, 3.8) is 0 Å². The lowest BCUT2D eigenvalue weighted by molar-refractivity contribution is -0.0237. The minimum atomic E-state index is -0.532. The summed E-state index contributed by atoms with van der Waals surface area (Å²) in [5, 5.41) is 9.17. The van der Waals surface area contributed by atoms with Gasteiger partial charge in [-0.1, -0.05) is 20.8 Å². The Balaban J connectivity index is 2.02. The fraction of sp³-hybridized carbons (Fsp3) is 0.667. The van der Waals surface area contributed by atoms with Crippen LogP contribution in [0.15, 0.2) is 18.5 Å². The van der Waals surface area contributed by atoms with E-state index in [2.05, 4.69) is 31.8 Å². The number of amides is 1. The molecule has 1 aromatic rings. The standard InChI is InChI=1S/C21H31N3O3/c1-20(2,3)15-21(4,5)27-19(25)24-11-7-6-8-17(24)14-26-18-13-23-10-9-16(18)12-22/h9-10,13,17H,6-8,11,14-15H2,1-5H3/t17-/m0/s1. The maximum atomic E-state index is 12.8. The van der Waals surface area contributed by atoms with Gasteiger partial charge in [-0.15, -0.1) is 0 Å². The number of pyridine rings is 1. The molecule has 0 aromatic carbocycles. The van der Waals surface area contributed by atoms with Crippen LogP contribution in [0.3, 0.4) is 0 Å². The topological polar surface area (TPSA) is 75.4 Å². The van der Waals surface area contributed by atoms with Crippen LogP contribution in [0.5, 0.6) is 5.75 Å². The minimum absolute atomic E-state index is 0.0663. The molecule has 0 bridgehead atoms. The Labute approximate surface area is 162 Å². The highest BCUT2D eigenvalue weighted by atomic mass is 16.6. The van der Waals surface area contributed by atoms with Gasteiger partial charge in [0.05, 0.1) is 17.8 Å². The zero-order chi connectivity index (χ0) is 20.1. The molecule has 0 N–H and O–H groups in total. The smallest absolute Gasteiger partial charge is 0.410 e. The Kier molecular flexibility index (Phi) is 6.69. The van der Waals surface area contributed by atoms with Gasteiger partial charge in [0, 0.05) is 12.7 Å². The van der Waals surface area contributed by atoms with E-state index in [4.69, 9.17) is 9.47 Å². The van der Waals surface area contributed by atoms with Crippen molar-refractivity contribution in [3.8, 4) is 11.8 Å². The third-order valence-electron chi connectivity index (χ3n) is 4.52. The highest BCUT2D eigenvalue weighted by Crippen LogP contribution is 2.31. The maximum absolute atomic E-state index is 12.8. The van der Waals surface area contributed by atoms with Crippen molar-refractivity contribution in [3.05, 3.63) is 24.0 Å². The summed E-state index contributed by atoms with van der Waals surface area (Å²) >= 11 is 0. The molecule has 1 aliphatic rings. The lowest BCUT2D eigenvalue weighted by atomic mass is 9.84. The summed E-state index contributed by atoms with van der Waals surface area (Å²) in [6.45, 7) is 11.3. The Morgan fingerprint density at radius 3 is 2.74 bits per heavy atom. The molecule has 0 spiro atoms. The molecule has 1 atom stereocenters.